The van der Waals surface area contributed by atoms with Crippen LogP contribution in [0.25, 0.3) is 0 Å². The zero-order valence-electron chi connectivity index (χ0n) is 18.8. The Balaban J connectivity index is 2.29. The number of aryl methyl sites for hydroxylation is 2. The summed E-state index contributed by atoms with van der Waals surface area (Å²) in [7, 11) is 1.62. The second-order valence-electron chi connectivity index (χ2n) is 7.76. The van der Waals surface area contributed by atoms with E-state index in [-0.39, 0.29) is 18.2 Å². The van der Waals surface area contributed by atoms with Crippen LogP contribution >= 0.6 is 0 Å². The summed E-state index contributed by atoms with van der Waals surface area (Å²) in [6.45, 7) is 9.01. The average Bonchev–Trinajstić information content (AvgIpc) is 2.71. The van der Waals surface area contributed by atoms with Crippen molar-refractivity contribution in [3.8, 4) is 5.75 Å². The first-order valence-corrected chi connectivity index (χ1v) is 10.6. The number of hydrogen-bond acceptors (Lipinski definition) is 3. The summed E-state index contributed by atoms with van der Waals surface area (Å²) in [5, 5.41) is 2.95. The minimum atomic E-state index is -0.503. The molecule has 2 aromatic rings. The molecule has 5 heteroatoms. The van der Waals surface area contributed by atoms with Gasteiger partial charge in [-0.05, 0) is 49.9 Å². The molecular formula is C25H34N2O3. The highest BCUT2D eigenvalue weighted by Crippen LogP contribution is 2.18. The fourth-order valence-electron chi connectivity index (χ4n) is 3.66. The second-order valence-corrected chi connectivity index (χ2v) is 7.76. The number of ether oxygens (including phenoxy) is 1. The van der Waals surface area contributed by atoms with Crippen LogP contribution in [0.5, 0.6) is 5.75 Å². The molecule has 0 aliphatic rings. The van der Waals surface area contributed by atoms with Crippen LogP contribution in [0.3, 0.4) is 0 Å². The van der Waals surface area contributed by atoms with Gasteiger partial charge in [-0.2, -0.15) is 0 Å². The van der Waals surface area contributed by atoms with Crippen molar-refractivity contribution in [1.29, 1.82) is 0 Å². The van der Waals surface area contributed by atoms with Gasteiger partial charge in [-0.15, -0.1) is 0 Å². The molecule has 0 fully saturated rings. The zero-order valence-corrected chi connectivity index (χ0v) is 18.8. The van der Waals surface area contributed by atoms with Gasteiger partial charge in [-0.1, -0.05) is 55.3 Å². The number of carbonyl (C=O) groups is 2. The van der Waals surface area contributed by atoms with Crippen LogP contribution in [0.1, 0.15) is 48.9 Å². The lowest BCUT2D eigenvalue weighted by Crippen LogP contribution is -2.49. The van der Waals surface area contributed by atoms with Crippen molar-refractivity contribution in [2.75, 3.05) is 13.7 Å². The third kappa shape index (κ3) is 6.61. The Morgan fingerprint density at radius 1 is 1.00 bits per heavy atom. The fraction of sp³-hybridized carbons (Fsp3) is 0.440. The second kappa shape index (κ2) is 11.4. The quantitative estimate of drug-likeness (QED) is 0.639. The van der Waals surface area contributed by atoms with Gasteiger partial charge in [0.2, 0.25) is 11.8 Å². The zero-order chi connectivity index (χ0) is 22.1. The molecule has 5 nitrogen and oxygen atoms in total. The summed E-state index contributed by atoms with van der Waals surface area (Å²) in [5.74, 6) is 0.621. The predicted octanol–water partition coefficient (Wildman–Crippen LogP) is 4.19. The van der Waals surface area contributed by atoms with E-state index < -0.39 is 6.04 Å². The number of carbonyl (C=O) groups excluding carboxylic acids is 2. The lowest BCUT2D eigenvalue weighted by molar-refractivity contribution is -0.140. The summed E-state index contributed by atoms with van der Waals surface area (Å²) in [5.41, 5.74) is 4.20. The van der Waals surface area contributed by atoms with Crippen LogP contribution in [-0.2, 0) is 22.6 Å². The maximum absolute atomic E-state index is 13.4. The van der Waals surface area contributed by atoms with E-state index in [2.05, 4.69) is 11.4 Å². The van der Waals surface area contributed by atoms with Crippen LogP contribution in [0.2, 0.25) is 0 Å². The van der Waals surface area contributed by atoms with Gasteiger partial charge in [-0.3, -0.25) is 9.59 Å². The molecule has 0 aliphatic carbocycles. The van der Waals surface area contributed by atoms with E-state index in [1.807, 2.05) is 64.1 Å². The summed E-state index contributed by atoms with van der Waals surface area (Å²) in [4.78, 5) is 27.9. The standard InChI is InChI=1S/C25H34N2O3/c1-6-12-26-25(29)23(7-2)27(17-20-8-10-22(30-5)11-9-20)24(28)16-21-14-18(3)13-19(4)15-21/h8-11,13-15,23H,6-7,12,16-17H2,1-5H3,(H,26,29)/t23-/m0/s1. The molecule has 0 spiro atoms. The van der Waals surface area contributed by atoms with Crippen LogP contribution in [0, 0.1) is 13.8 Å². The molecule has 0 aromatic heterocycles. The molecule has 0 unspecified atom stereocenters. The fourth-order valence-corrected chi connectivity index (χ4v) is 3.66. The number of amides is 2. The number of rotatable bonds is 10. The third-order valence-electron chi connectivity index (χ3n) is 5.08. The average molecular weight is 411 g/mol. The molecule has 0 saturated carbocycles. The number of methoxy groups -OCH3 is 1. The van der Waals surface area contributed by atoms with Gasteiger partial charge in [0.05, 0.1) is 13.5 Å². The van der Waals surface area contributed by atoms with Gasteiger partial charge in [0.1, 0.15) is 11.8 Å². The van der Waals surface area contributed by atoms with Crippen molar-refractivity contribution in [3.63, 3.8) is 0 Å². The van der Waals surface area contributed by atoms with Crippen LogP contribution < -0.4 is 10.1 Å². The van der Waals surface area contributed by atoms with Crippen molar-refractivity contribution < 1.29 is 14.3 Å². The minimum absolute atomic E-state index is 0.0469. The van der Waals surface area contributed by atoms with Gasteiger partial charge in [0, 0.05) is 13.1 Å². The van der Waals surface area contributed by atoms with Crippen LogP contribution in [0.4, 0.5) is 0 Å². The Morgan fingerprint density at radius 3 is 2.17 bits per heavy atom. The normalized spacial score (nSPS) is 11.6. The maximum Gasteiger partial charge on any atom is 0.242 e. The molecule has 162 valence electrons. The van der Waals surface area contributed by atoms with Gasteiger partial charge >= 0.3 is 0 Å². The molecule has 0 heterocycles. The van der Waals surface area contributed by atoms with E-state index in [0.29, 0.717) is 19.5 Å². The molecule has 0 saturated heterocycles. The number of nitrogens with zero attached hydrogens (tertiary/aromatic N) is 1. The van der Waals surface area contributed by atoms with Gasteiger partial charge < -0.3 is 15.0 Å². The minimum Gasteiger partial charge on any atom is -0.497 e. The molecule has 0 aliphatic heterocycles. The number of nitrogens with one attached hydrogen (secondary N) is 1. The predicted molar refractivity (Wildman–Crippen MR) is 121 cm³/mol. The van der Waals surface area contributed by atoms with Crippen molar-refractivity contribution in [3.05, 3.63) is 64.7 Å². The summed E-state index contributed by atoms with van der Waals surface area (Å²) >= 11 is 0. The highest BCUT2D eigenvalue weighted by atomic mass is 16.5. The molecular weight excluding hydrogens is 376 g/mol. The molecule has 0 radical (unpaired) electrons. The van der Waals surface area contributed by atoms with E-state index in [4.69, 9.17) is 4.74 Å². The molecule has 0 bridgehead atoms. The first-order valence-electron chi connectivity index (χ1n) is 10.6. The Bertz CT molecular complexity index is 826. The van der Waals surface area contributed by atoms with Crippen LogP contribution in [0.15, 0.2) is 42.5 Å². The van der Waals surface area contributed by atoms with E-state index in [1.165, 1.54) is 0 Å². The molecule has 1 atom stereocenters. The lowest BCUT2D eigenvalue weighted by Gasteiger charge is -2.31. The highest BCUT2D eigenvalue weighted by Gasteiger charge is 2.28. The largest absolute Gasteiger partial charge is 0.497 e. The summed E-state index contributed by atoms with van der Waals surface area (Å²) < 4.78 is 5.23. The highest BCUT2D eigenvalue weighted by molar-refractivity contribution is 5.88. The van der Waals surface area contributed by atoms with E-state index in [1.54, 1.807) is 12.0 Å². The van der Waals surface area contributed by atoms with Crippen molar-refractivity contribution >= 4 is 11.8 Å². The van der Waals surface area contributed by atoms with E-state index in [9.17, 15) is 9.59 Å². The van der Waals surface area contributed by atoms with Crippen LogP contribution in [-0.4, -0.2) is 36.4 Å². The Kier molecular flexibility index (Phi) is 8.90. The van der Waals surface area contributed by atoms with Gasteiger partial charge in [-0.25, -0.2) is 0 Å². The Hall–Kier alpha value is -2.82. The monoisotopic (exact) mass is 410 g/mol. The van der Waals surface area contributed by atoms with Crippen molar-refractivity contribution in [1.82, 2.24) is 10.2 Å². The first kappa shape index (κ1) is 23.5. The van der Waals surface area contributed by atoms with E-state index in [0.717, 1.165) is 34.4 Å². The smallest absolute Gasteiger partial charge is 0.242 e. The molecule has 2 aromatic carbocycles. The molecule has 2 rings (SSSR count). The molecule has 1 N–H and O–H groups in total. The summed E-state index contributed by atoms with van der Waals surface area (Å²) in [6.07, 6.45) is 1.69. The number of hydrogen-bond donors (Lipinski definition) is 1. The Labute approximate surface area is 180 Å². The number of benzene rings is 2. The lowest BCUT2D eigenvalue weighted by atomic mass is 10.0. The topological polar surface area (TPSA) is 58.6 Å². The summed E-state index contributed by atoms with van der Waals surface area (Å²) in [6, 6.07) is 13.3. The Morgan fingerprint density at radius 2 is 1.63 bits per heavy atom. The van der Waals surface area contributed by atoms with Gasteiger partial charge in [0.15, 0.2) is 0 Å². The SMILES string of the molecule is CCCNC(=O)[C@H](CC)N(Cc1ccc(OC)cc1)C(=O)Cc1cc(C)cc(C)c1. The van der Waals surface area contributed by atoms with Gasteiger partial charge in [0.25, 0.3) is 0 Å². The van der Waals surface area contributed by atoms with E-state index >= 15 is 0 Å². The molecule has 2 amide bonds. The molecule has 30 heavy (non-hydrogen) atoms. The third-order valence-corrected chi connectivity index (χ3v) is 5.08. The van der Waals surface area contributed by atoms with Crippen molar-refractivity contribution in [2.24, 2.45) is 0 Å². The van der Waals surface area contributed by atoms with Crippen molar-refractivity contribution in [2.45, 2.75) is 59.5 Å². The first-order chi connectivity index (χ1) is 14.4. The maximum atomic E-state index is 13.4.